The lowest BCUT2D eigenvalue weighted by Crippen LogP contribution is -2.18. The molecule has 1 aromatic heterocycles. The number of nitrogens with zero attached hydrogens (tertiary/aromatic N) is 3. The van der Waals surface area contributed by atoms with Crippen LogP contribution < -0.4 is 5.32 Å². The van der Waals surface area contributed by atoms with Crippen molar-refractivity contribution < 1.29 is 4.79 Å². The number of hydrogen-bond acceptors (Lipinski definition) is 4. The second-order valence-corrected chi connectivity index (χ2v) is 5.00. The number of carbonyl (C=O) groups is 1. The molecule has 0 aromatic carbocycles. The van der Waals surface area contributed by atoms with Crippen molar-refractivity contribution in [3.8, 4) is 0 Å². The minimum Gasteiger partial charge on any atom is -0.356 e. The lowest BCUT2D eigenvalue weighted by Gasteiger charge is -2.16. The zero-order chi connectivity index (χ0) is 11.8. The van der Waals surface area contributed by atoms with Gasteiger partial charge in [-0.25, -0.2) is 4.98 Å². The number of rotatable bonds is 2. The molecule has 2 aliphatic heterocycles. The van der Waals surface area contributed by atoms with Crippen LogP contribution in [-0.4, -0.2) is 47.4 Å². The van der Waals surface area contributed by atoms with Crippen LogP contribution in [0, 0.1) is 0 Å². The van der Waals surface area contributed by atoms with E-state index in [4.69, 9.17) is 0 Å². The predicted molar refractivity (Wildman–Crippen MR) is 65.6 cm³/mol. The first kappa shape index (κ1) is 10.8. The van der Waals surface area contributed by atoms with Crippen LogP contribution in [0.1, 0.15) is 34.9 Å². The van der Waals surface area contributed by atoms with Crippen LogP contribution in [0.3, 0.4) is 0 Å². The van der Waals surface area contributed by atoms with Crippen molar-refractivity contribution in [3.05, 3.63) is 11.4 Å². The summed E-state index contributed by atoms with van der Waals surface area (Å²) >= 11 is 0. The standard InChI is InChI=1S/C12H18N4O/c1-15-6-3-9(7-15)11-10(8-17)16-5-2-4-13-12(16)14-11/h8-9H,2-7H2,1H3,(H,13,14). The van der Waals surface area contributed by atoms with E-state index < -0.39 is 0 Å². The highest BCUT2D eigenvalue weighted by Gasteiger charge is 2.29. The first-order valence-corrected chi connectivity index (χ1v) is 6.27. The van der Waals surface area contributed by atoms with E-state index in [0.717, 1.165) is 62.6 Å². The Hall–Kier alpha value is -1.36. The van der Waals surface area contributed by atoms with Crippen molar-refractivity contribution in [1.29, 1.82) is 0 Å². The summed E-state index contributed by atoms with van der Waals surface area (Å²) in [5.74, 6) is 1.29. The summed E-state index contributed by atoms with van der Waals surface area (Å²) in [6, 6.07) is 0. The quantitative estimate of drug-likeness (QED) is 0.773. The smallest absolute Gasteiger partial charge is 0.203 e. The third-order valence-corrected chi connectivity index (χ3v) is 3.77. The molecule has 5 heteroatoms. The van der Waals surface area contributed by atoms with Gasteiger partial charge in [-0.3, -0.25) is 4.79 Å². The van der Waals surface area contributed by atoms with Crippen molar-refractivity contribution in [2.75, 3.05) is 32.0 Å². The molecule has 1 aromatic rings. The molecule has 1 atom stereocenters. The lowest BCUT2D eigenvalue weighted by molar-refractivity contribution is 0.111. The molecule has 0 bridgehead atoms. The van der Waals surface area contributed by atoms with Crippen LogP contribution in [-0.2, 0) is 6.54 Å². The maximum atomic E-state index is 11.3. The number of likely N-dealkylation sites (tertiary alicyclic amines) is 1. The van der Waals surface area contributed by atoms with Gasteiger partial charge in [0.2, 0.25) is 5.95 Å². The number of imidazole rings is 1. The van der Waals surface area contributed by atoms with E-state index in [2.05, 4.69) is 22.2 Å². The molecule has 0 amide bonds. The largest absolute Gasteiger partial charge is 0.356 e. The van der Waals surface area contributed by atoms with Crippen LogP contribution in [0.5, 0.6) is 0 Å². The molecule has 92 valence electrons. The molecule has 17 heavy (non-hydrogen) atoms. The third-order valence-electron chi connectivity index (χ3n) is 3.77. The van der Waals surface area contributed by atoms with Crippen molar-refractivity contribution >= 4 is 12.2 Å². The van der Waals surface area contributed by atoms with Crippen LogP contribution in [0.25, 0.3) is 0 Å². The molecule has 1 saturated heterocycles. The SMILES string of the molecule is CN1CCC(c2nc3n(c2C=O)CCCN3)C1. The highest BCUT2D eigenvalue weighted by Crippen LogP contribution is 2.30. The number of anilines is 1. The normalized spacial score (nSPS) is 24.4. The van der Waals surface area contributed by atoms with E-state index in [0.29, 0.717) is 5.92 Å². The maximum Gasteiger partial charge on any atom is 0.203 e. The Kier molecular flexibility index (Phi) is 2.63. The molecule has 0 saturated carbocycles. The first-order chi connectivity index (χ1) is 8.29. The van der Waals surface area contributed by atoms with Gasteiger partial charge in [0.1, 0.15) is 5.69 Å². The van der Waals surface area contributed by atoms with E-state index in [1.54, 1.807) is 0 Å². The number of carbonyl (C=O) groups excluding carboxylic acids is 1. The molecule has 2 aliphatic rings. The van der Waals surface area contributed by atoms with Crippen LogP contribution in [0.4, 0.5) is 5.95 Å². The van der Waals surface area contributed by atoms with E-state index in [-0.39, 0.29) is 0 Å². The molecule has 1 fully saturated rings. The maximum absolute atomic E-state index is 11.3. The summed E-state index contributed by atoms with van der Waals surface area (Å²) in [7, 11) is 2.12. The van der Waals surface area contributed by atoms with Gasteiger partial charge in [-0.05, 0) is 26.4 Å². The molecule has 3 heterocycles. The molecular formula is C12H18N4O. The monoisotopic (exact) mass is 234 g/mol. The number of likely N-dealkylation sites (N-methyl/N-ethyl adjacent to an activating group) is 1. The fourth-order valence-electron chi connectivity index (χ4n) is 2.87. The Balaban J connectivity index is 1.98. The van der Waals surface area contributed by atoms with Gasteiger partial charge < -0.3 is 14.8 Å². The first-order valence-electron chi connectivity index (χ1n) is 6.27. The van der Waals surface area contributed by atoms with Crippen molar-refractivity contribution in [1.82, 2.24) is 14.5 Å². The Labute approximate surface area is 101 Å². The number of aromatic nitrogens is 2. The average Bonchev–Trinajstić information content (AvgIpc) is 2.91. The topological polar surface area (TPSA) is 50.2 Å². The van der Waals surface area contributed by atoms with Gasteiger partial charge in [0, 0.05) is 25.6 Å². The molecule has 3 rings (SSSR count). The summed E-state index contributed by atoms with van der Waals surface area (Å²) < 4.78 is 2.03. The fourth-order valence-corrected chi connectivity index (χ4v) is 2.87. The van der Waals surface area contributed by atoms with Crippen molar-refractivity contribution in [2.45, 2.75) is 25.3 Å². The van der Waals surface area contributed by atoms with Gasteiger partial charge in [-0.15, -0.1) is 0 Å². The lowest BCUT2D eigenvalue weighted by atomic mass is 10.0. The minimum absolute atomic E-state index is 0.417. The molecule has 0 spiro atoms. The molecule has 0 radical (unpaired) electrons. The molecule has 1 unspecified atom stereocenters. The Morgan fingerprint density at radius 3 is 3.06 bits per heavy atom. The summed E-state index contributed by atoms with van der Waals surface area (Å²) in [5.41, 5.74) is 1.78. The van der Waals surface area contributed by atoms with Gasteiger partial charge in [-0.2, -0.15) is 0 Å². The second-order valence-electron chi connectivity index (χ2n) is 5.00. The molecule has 5 nitrogen and oxygen atoms in total. The zero-order valence-electron chi connectivity index (χ0n) is 10.1. The number of fused-ring (bicyclic) bond motifs is 1. The summed E-state index contributed by atoms with van der Waals surface area (Å²) in [6.45, 7) is 3.97. The van der Waals surface area contributed by atoms with Crippen LogP contribution >= 0.6 is 0 Å². The molecule has 0 aliphatic carbocycles. The summed E-state index contributed by atoms with van der Waals surface area (Å²) in [5, 5.41) is 3.27. The van der Waals surface area contributed by atoms with Gasteiger partial charge in [0.25, 0.3) is 0 Å². The minimum atomic E-state index is 0.417. The van der Waals surface area contributed by atoms with Gasteiger partial charge in [0.15, 0.2) is 6.29 Å². The van der Waals surface area contributed by atoms with Crippen LogP contribution in [0.2, 0.25) is 0 Å². The Morgan fingerprint density at radius 2 is 2.35 bits per heavy atom. The second kappa shape index (κ2) is 4.14. The summed E-state index contributed by atoms with van der Waals surface area (Å²) in [4.78, 5) is 18.2. The van der Waals surface area contributed by atoms with Gasteiger partial charge in [-0.1, -0.05) is 0 Å². The number of hydrogen-bond donors (Lipinski definition) is 1. The average molecular weight is 234 g/mol. The van der Waals surface area contributed by atoms with E-state index in [1.807, 2.05) is 4.57 Å². The highest BCUT2D eigenvalue weighted by atomic mass is 16.1. The van der Waals surface area contributed by atoms with E-state index in [9.17, 15) is 4.79 Å². The highest BCUT2D eigenvalue weighted by molar-refractivity contribution is 5.76. The van der Waals surface area contributed by atoms with Crippen LogP contribution in [0.15, 0.2) is 0 Å². The van der Waals surface area contributed by atoms with Crippen molar-refractivity contribution in [3.63, 3.8) is 0 Å². The zero-order valence-corrected chi connectivity index (χ0v) is 10.1. The molecule has 1 N–H and O–H groups in total. The van der Waals surface area contributed by atoms with E-state index in [1.165, 1.54) is 0 Å². The van der Waals surface area contributed by atoms with Crippen molar-refractivity contribution in [2.24, 2.45) is 0 Å². The number of aldehydes is 1. The number of nitrogens with one attached hydrogen (secondary N) is 1. The summed E-state index contributed by atoms with van der Waals surface area (Å²) in [6.07, 6.45) is 3.14. The Bertz CT molecular complexity index is 440. The third kappa shape index (κ3) is 1.74. The fraction of sp³-hybridized carbons (Fsp3) is 0.667. The van der Waals surface area contributed by atoms with E-state index >= 15 is 0 Å². The predicted octanol–water partition coefficient (Wildman–Crippen LogP) is 0.930. The Morgan fingerprint density at radius 1 is 1.47 bits per heavy atom. The molecular weight excluding hydrogens is 216 g/mol. The van der Waals surface area contributed by atoms with Gasteiger partial charge >= 0.3 is 0 Å². The van der Waals surface area contributed by atoms with Gasteiger partial charge in [0.05, 0.1) is 5.69 Å².